The number of fused-ring (bicyclic) bond motifs is 1. The monoisotopic (exact) mass is 292 g/mol. The molecule has 1 N–H and O–H groups in total. The van der Waals surface area contributed by atoms with Crippen molar-refractivity contribution in [2.24, 2.45) is 0 Å². The van der Waals surface area contributed by atoms with Crippen LogP contribution in [0, 0.1) is 0 Å². The second kappa shape index (κ2) is 6.09. The van der Waals surface area contributed by atoms with Crippen LogP contribution in [-0.2, 0) is 4.79 Å². The molecule has 0 spiro atoms. The van der Waals surface area contributed by atoms with Crippen molar-refractivity contribution in [3.05, 3.63) is 35.5 Å². The largest absolute Gasteiger partial charge is 0.481 e. The maximum atomic E-state index is 10.9. The van der Waals surface area contributed by atoms with Gasteiger partial charge in [-0.25, -0.2) is 0 Å². The number of hydrogen-bond donors (Lipinski definition) is 1. The van der Waals surface area contributed by atoms with Crippen molar-refractivity contribution in [1.82, 2.24) is 4.98 Å². The Bertz CT molecular complexity index is 630. The molecule has 2 aromatic rings. The molecule has 1 heterocycles. The van der Waals surface area contributed by atoms with Crippen molar-refractivity contribution in [1.29, 1.82) is 0 Å². The minimum atomic E-state index is -0.794. The van der Waals surface area contributed by atoms with Crippen molar-refractivity contribution in [2.75, 3.05) is 11.4 Å². The molecule has 0 amide bonds. The van der Waals surface area contributed by atoms with Gasteiger partial charge in [-0.1, -0.05) is 11.6 Å². The van der Waals surface area contributed by atoms with E-state index in [2.05, 4.69) is 9.88 Å². The summed E-state index contributed by atoms with van der Waals surface area (Å²) in [6, 6.07) is 7.40. The molecule has 1 atom stereocenters. The third kappa shape index (κ3) is 3.02. The Morgan fingerprint density at radius 3 is 2.85 bits per heavy atom. The lowest BCUT2D eigenvalue weighted by molar-refractivity contribution is -0.137. The van der Waals surface area contributed by atoms with Gasteiger partial charge in [0, 0.05) is 34.9 Å². The second-order valence-corrected chi connectivity index (χ2v) is 5.16. The van der Waals surface area contributed by atoms with E-state index in [0.29, 0.717) is 5.02 Å². The van der Waals surface area contributed by atoms with E-state index >= 15 is 0 Å². The highest BCUT2D eigenvalue weighted by molar-refractivity contribution is 6.31. The molecular formula is C15H17ClN2O2. The molecule has 20 heavy (non-hydrogen) atoms. The highest BCUT2D eigenvalue weighted by atomic mass is 35.5. The van der Waals surface area contributed by atoms with Crippen LogP contribution >= 0.6 is 11.6 Å². The summed E-state index contributed by atoms with van der Waals surface area (Å²) in [5, 5.41) is 10.6. The van der Waals surface area contributed by atoms with Crippen LogP contribution < -0.4 is 4.90 Å². The molecule has 0 saturated heterocycles. The Morgan fingerprint density at radius 1 is 1.45 bits per heavy atom. The van der Waals surface area contributed by atoms with Crippen LogP contribution in [0.1, 0.15) is 20.3 Å². The third-order valence-corrected chi connectivity index (χ3v) is 3.57. The molecule has 1 aromatic heterocycles. The molecule has 0 saturated carbocycles. The lowest BCUT2D eigenvalue weighted by Crippen LogP contribution is -2.34. The molecule has 0 aliphatic rings. The van der Waals surface area contributed by atoms with Crippen LogP contribution in [0.15, 0.2) is 30.5 Å². The second-order valence-electron chi connectivity index (χ2n) is 4.72. The van der Waals surface area contributed by atoms with Crippen LogP contribution in [-0.4, -0.2) is 28.6 Å². The number of anilines is 1. The summed E-state index contributed by atoms with van der Waals surface area (Å²) in [5.41, 5.74) is 1.80. The molecule has 1 aromatic carbocycles. The molecule has 0 aliphatic heterocycles. The van der Waals surface area contributed by atoms with Crippen LogP contribution in [0.25, 0.3) is 10.9 Å². The van der Waals surface area contributed by atoms with E-state index in [-0.39, 0.29) is 12.5 Å². The molecule has 0 radical (unpaired) electrons. The van der Waals surface area contributed by atoms with Crippen LogP contribution in [0.4, 0.5) is 5.69 Å². The lowest BCUT2D eigenvalue weighted by Gasteiger charge is -2.30. The summed E-state index contributed by atoms with van der Waals surface area (Å²) in [7, 11) is 0. The number of pyridine rings is 1. The van der Waals surface area contributed by atoms with E-state index in [4.69, 9.17) is 16.7 Å². The minimum Gasteiger partial charge on any atom is -0.481 e. The Kier molecular flexibility index (Phi) is 4.45. The van der Waals surface area contributed by atoms with E-state index < -0.39 is 5.97 Å². The van der Waals surface area contributed by atoms with Crippen LogP contribution in [0.5, 0.6) is 0 Å². The first-order valence-corrected chi connectivity index (χ1v) is 6.93. The van der Waals surface area contributed by atoms with Crippen molar-refractivity contribution >= 4 is 34.2 Å². The first kappa shape index (κ1) is 14.6. The fourth-order valence-corrected chi connectivity index (χ4v) is 2.61. The summed E-state index contributed by atoms with van der Waals surface area (Å²) >= 11 is 5.98. The van der Waals surface area contributed by atoms with Crippen LogP contribution in [0.3, 0.4) is 0 Å². The number of halogens is 1. The number of aromatic nitrogens is 1. The number of aliphatic carboxylic acids is 1. The highest BCUT2D eigenvalue weighted by Crippen LogP contribution is 2.29. The zero-order valence-corrected chi connectivity index (χ0v) is 12.3. The van der Waals surface area contributed by atoms with E-state index in [1.165, 1.54) is 0 Å². The predicted molar refractivity (Wildman–Crippen MR) is 81.5 cm³/mol. The standard InChI is InChI=1S/C15H17ClN2O2/c1-3-18(10(2)8-15(19)20)14-6-7-17-13-9-11(16)4-5-12(13)14/h4-7,9-10H,3,8H2,1-2H3,(H,19,20). The number of hydrogen-bond acceptors (Lipinski definition) is 3. The quantitative estimate of drug-likeness (QED) is 0.915. The molecule has 0 bridgehead atoms. The number of nitrogens with zero attached hydrogens (tertiary/aromatic N) is 2. The normalized spacial score (nSPS) is 12.3. The van der Waals surface area contributed by atoms with E-state index in [9.17, 15) is 4.79 Å². The molecular weight excluding hydrogens is 276 g/mol. The Labute approximate surface area is 123 Å². The zero-order chi connectivity index (χ0) is 14.7. The number of carboxylic acids is 1. The van der Waals surface area contributed by atoms with Crippen LogP contribution in [0.2, 0.25) is 5.02 Å². The lowest BCUT2D eigenvalue weighted by atomic mass is 10.1. The maximum Gasteiger partial charge on any atom is 0.305 e. The molecule has 4 nitrogen and oxygen atoms in total. The van der Waals surface area contributed by atoms with Gasteiger partial charge in [-0.05, 0) is 38.1 Å². The molecule has 5 heteroatoms. The van der Waals surface area contributed by atoms with Gasteiger partial charge in [-0.3, -0.25) is 9.78 Å². The van der Waals surface area contributed by atoms with Crippen molar-refractivity contribution in [3.8, 4) is 0 Å². The fraction of sp³-hybridized carbons (Fsp3) is 0.333. The number of carboxylic acid groups (broad SMARTS) is 1. The topological polar surface area (TPSA) is 53.4 Å². The van der Waals surface area contributed by atoms with Crippen molar-refractivity contribution < 1.29 is 9.90 Å². The third-order valence-electron chi connectivity index (χ3n) is 3.33. The summed E-state index contributed by atoms with van der Waals surface area (Å²) in [5.74, 6) is -0.794. The minimum absolute atomic E-state index is 0.0845. The maximum absolute atomic E-state index is 10.9. The number of benzene rings is 1. The first-order valence-electron chi connectivity index (χ1n) is 6.55. The highest BCUT2D eigenvalue weighted by Gasteiger charge is 2.18. The Balaban J connectivity index is 2.46. The van der Waals surface area contributed by atoms with Gasteiger partial charge in [0.2, 0.25) is 0 Å². The van der Waals surface area contributed by atoms with Gasteiger partial charge in [-0.2, -0.15) is 0 Å². The van der Waals surface area contributed by atoms with Gasteiger partial charge in [0.15, 0.2) is 0 Å². The van der Waals surface area contributed by atoms with Crippen molar-refractivity contribution in [2.45, 2.75) is 26.3 Å². The average Bonchev–Trinajstić information content (AvgIpc) is 2.38. The van der Waals surface area contributed by atoms with Crippen molar-refractivity contribution in [3.63, 3.8) is 0 Å². The predicted octanol–water partition coefficient (Wildman–Crippen LogP) is 3.58. The van der Waals surface area contributed by atoms with Gasteiger partial charge in [0.25, 0.3) is 0 Å². The van der Waals surface area contributed by atoms with E-state index in [1.54, 1.807) is 6.20 Å². The summed E-state index contributed by atoms with van der Waals surface area (Å²) in [6.45, 7) is 4.66. The van der Waals surface area contributed by atoms with Gasteiger partial charge < -0.3 is 10.0 Å². The SMILES string of the molecule is CCN(c1ccnc2cc(Cl)ccc12)C(C)CC(=O)O. The summed E-state index contributed by atoms with van der Waals surface area (Å²) in [4.78, 5) is 17.3. The first-order chi connectivity index (χ1) is 9.52. The average molecular weight is 293 g/mol. The number of rotatable bonds is 5. The molecule has 0 aliphatic carbocycles. The Morgan fingerprint density at radius 2 is 2.20 bits per heavy atom. The molecule has 0 fully saturated rings. The van der Waals surface area contributed by atoms with Gasteiger partial charge in [-0.15, -0.1) is 0 Å². The smallest absolute Gasteiger partial charge is 0.305 e. The molecule has 106 valence electrons. The van der Waals surface area contributed by atoms with E-state index in [0.717, 1.165) is 23.1 Å². The van der Waals surface area contributed by atoms with Gasteiger partial charge in [0.05, 0.1) is 11.9 Å². The fourth-order valence-electron chi connectivity index (χ4n) is 2.44. The van der Waals surface area contributed by atoms with E-state index in [1.807, 2.05) is 38.1 Å². The number of carbonyl (C=O) groups is 1. The Hall–Kier alpha value is -1.81. The molecule has 1 unspecified atom stereocenters. The summed E-state index contributed by atoms with van der Waals surface area (Å²) < 4.78 is 0. The van der Waals surface area contributed by atoms with Gasteiger partial charge >= 0.3 is 5.97 Å². The summed E-state index contributed by atoms with van der Waals surface area (Å²) in [6.07, 6.45) is 1.83. The van der Waals surface area contributed by atoms with Gasteiger partial charge in [0.1, 0.15) is 0 Å². The zero-order valence-electron chi connectivity index (χ0n) is 11.5. The molecule has 2 rings (SSSR count).